The molecule has 1 unspecified atom stereocenters. The van der Waals surface area contributed by atoms with Crippen molar-refractivity contribution in [3.63, 3.8) is 0 Å². The van der Waals surface area contributed by atoms with Gasteiger partial charge in [-0.2, -0.15) is 5.10 Å². The predicted octanol–water partition coefficient (Wildman–Crippen LogP) is 5.11. The highest BCUT2D eigenvalue weighted by molar-refractivity contribution is 5.97. The SMILES string of the molecule is CC(/C(=N/O)Nc1ccc2c(c1)OCO2)C1CCC(c2ccc3c(cnn3C)c2)CC1. The smallest absolute Gasteiger partial charge is 0.231 e. The zero-order chi connectivity index (χ0) is 21.4. The third-order valence-electron chi connectivity index (χ3n) is 6.90. The molecule has 1 atom stereocenters. The maximum atomic E-state index is 9.68. The molecular weight excluding hydrogens is 392 g/mol. The lowest BCUT2D eigenvalue weighted by molar-refractivity contribution is 0.174. The molecule has 2 aliphatic rings. The molecule has 0 saturated heterocycles. The van der Waals surface area contributed by atoms with Crippen LogP contribution in [0.5, 0.6) is 11.5 Å². The van der Waals surface area contributed by atoms with E-state index in [1.165, 1.54) is 16.5 Å². The fraction of sp³-hybridized carbons (Fsp3) is 0.417. The summed E-state index contributed by atoms with van der Waals surface area (Å²) in [4.78, 5) is 0. The number of amidine groups is 1. The van der Waals surface area contributed by atoms with Crippen LogP contribution in [0.4, 0.5) is 5.69 Å². The lowest BCUT2D eigenvalue weighted by atomic mass is 9.74. The van der Waals surface area contributed by atoms with Crippen molar-refractivity contribution in [2.75, 3.05) is 12.1 Å². The Bertz CT molecular complexity index is 1120. The first-order chi connectivity index (χ1) is 15.1. The summed E-state index contributed by atoms with van der Waals surface area (Å²) in [5, 5.41) is 22.1. The Labute approximate surface area is 181 Å². The van der Waals surface area contributed by atoms with Gasteiger partial charge in [0.05, 0.1) is 11.7 Å². The van der Waals surface area contributed by atoms with Gasteiger partial charge in [0.2, 0.25) is 6.79 Å². The van der Waals surface area contributed by atoms with Gasteiger partial charge in [0, 0.05) is 30.1 Å². The molecule has 1 fully saturated rings. The molecule has 3 aromatic rings. The van der Waals surface area contributed by atoms with E-state index >= 15 is 0 Å². The summed E-state index contributed by atoms with van der Waals surface area (Å²) in [6.45, 7) is 2.38. The maximum absolute atomic E-state index is 9.68. The fourth-order valence-electron chi connectivity index (χ4n) is 4.96. The first-order valence-electron chi connectivity index (χ1n) is 10.9. The molecule has 1 aliphatic carbocycles. The Morgan fingerprint density at radius 2 is 1.94 bits per heavy atom. The van der Waals surface area contributed by atoms with Crippen molar-refractivity contribution < 1.29 is 14.7 Å². The number of aromatic nitrogens is 2. The van der Waals surface area contributed by atoms with Gasteiger partial charge in [-0.1, -0.05) is 18.1 Å². The zero-order valence-corrected chi connectivity index (χ0v) is 17.9. The van der Waals surface area contributed by atoms with Crippen molar-refractivity contribution in [1.29, 1.82) is 0 Å². The second-order valence-electron chi connectivity index (χ2n) is 8.67. The van der Waals surface area contributed by atoms with Crippen LogP contribution in [-0.2, 0) is 7.05 Å². The molecule has 0 amide bonds. The third-order valence-corrected chi connectivity index (χ3v) is 6.90. The second-order valence-corrected chi connectivity index (χ2v) is 8.67. The van der Waals surface area contributed by atoms with E-state index in [0.29, 0.717) is 23.4 Å². The van der Waals surface area contributed by atoms with Crippen LogP contribution in [0.3, 0.4) is 0 Å². The van der Waals surface area contributed by atoms with Crippen LogP contribution in [0.1, 0.15) is 44.1 Å². The van der Waals surface area contributed by atoms with Crippen LogP contribution in [-0.4, -0.2) is 27.6 Å². The topological polar surface area (TPSA) is 80.9 Å². The number of hydrogen-bond acceptors (Lipinski definition) is 5. The second kappa shape index (κ2) is 8.13. The molecule has 7 nitrogen and oxygen atoms in total. The minimum atomic E-state index is 0.136. The van der Waals surface area contributed by atoms with Crippen LogP contribution in [0, 0.1) is 11.8 Å². The monoisotopic (exact) mass is 420 g/mol. The number of aryl methyl sites for hydroxylation is 1. The molecule has 2 aromatic carbocycles. The van der Waals surface area contributed by atoms with Crippen LogP contribution in [0.15, 0.2) is 47.8 Å². The molecule has 1 aliphatic heterocycles. The van der Waals surface area contributed by atoms with Crippen LogP contribution < -0.4 is 14.8 Å². The minimum Gasteiger partial charge on any atom is -0.454 e. The van der Waals surface area contributed by atoms with Gasteiger partial charge in [-0.25, -0.2) is 0 Å². The number of fused-ring (bicyclic) bond motifs is 2. The van der Waals surface area contributed by atoms with Crippen molar-refractivity contribution in [2.24, 2.45) is 24.0 Å². The lowest BCUT2D eigenvalue weighted by Crippen LogP contribution is -2.30. The molecule has 162 valence electrons. The largest absolute Gasteiger partial charge is 0.454 e. The molecule has 1 aromatic heterocycles. The molecule has 5 rings (SSSR count). The van der Waals surface area contributed by atoms with Gasteiger partial charge in [-0.15, -0.1) is 0 Å². The average molecular weight is 421 g/mol. The molecule has 2 heterocycles. The van der Waals surface area contributed by atoms with E-state index in [1.807, 2.05) is 36.1 Å². The van der Waals surface area contributed by atoms with Gasteiger partial charge < -0.3 is 20.0 Å². The maximum Gasteiger partial charge on any atom is 0.231 e. The predicted molar refractivity (Wildman–Crippen MR) is 120 cm³/mol. The Balaban J connectivity index is 1.22. The summed E-state index contributed by atoms with van der Waals surface area (Å²) >= 11 is 0. The molecule has 0 radical (unpaired) electrons. The zero-order valence-electron chi connectivity index (χ0n) is 17.9. The van der Waals surface area contributed by atoms with Crippen molar-refractivity contribution in [3.8, 4) is 11.5 Å². The quantitative estimate of drug-likeness (QED) is 0.265. The Hall–Kier alpha value is -3.22. The first kappa shape index (κ1) is 19.7. The van der Waals surface area contributed by atoms with Gasteiger partial charge in [0.15, 0.2) is 11.5 Å². The van der Waals surface area contributed by atoms with E-state index < -0.39 is 0 Å². The number of hydrogen-bond donors (Lipinski definition) is 2. The highest BCUT2D eigenvalue weighted by Gasteiger charge is 2.29. The van der Waals surface area contributed by atoms with Crippen molar-refractivity contribution in [1.82, 2.24) is 9.78 Å². The van der Waals surface area contributed by atoms with E-state index in [1.54, 1.807) is 0 Å². The number of oxime groups is 1. The average Bonchev–Trinajstić information content (AvgIpc) is 3.43. The van der Waals surface area contributed by atoms with Gasteiger partial charge in [-0.05, 0) is 67.3 Å². The van der Waals surface area contributed by atoms with Gasteiger partial charge >= 0.3 is 0 Å². The van der Waals surface area contributed by atoms with Crippen molar-refractivity contribution >= 4 is 22.4 Å². The van der Waals surface area contributed by atoms with Crippen LogP contribution in [0.25, 0.3) is 10.9 Å². The van der Waals surface area contributed by atoms with E-state index in [0.717, 1.165) is 37.1 Å². The summed E-state index contributed by atoms with van der Waals surface area (Å²) in [5.74, 6) is 3.23. The third kappa shape index (κ3) is 3.80. The first-order valence-corrected chi connectivity index (χ1v) is 10.9. The summed E-state index contributed by atoms with van der Waals surface area (Å²) in [6.07, 6.45) is 6.45. The molecule has 7 heteroatoms. The Morgan fingerprint density at radius 3 is 2.74 bits per heavy atom. The molecule has 31 heavy (non-hydrogen) atoms. The lowest BCUT2D eigenvalue weighted by Gasteiger charge is -2.33. The number of ether oxygens (including phenoxy) is 2. The summed E-state index contributed by atoms with van der Waals surface area (Å²) in [5.41, 5.74) is 3.41. The number of nitrogens with one attached hydrogen (secondary N) is 1. The van der Waals surface area contributed by atoms with Gasteiger partial charge in [0.25, 0.3) is 0 Å². The van der Waals surface area contributed by atoms with E-state index in [9.17, 15) is 5.21 Å². The summed E-state index contributed by atoms with van der Waals surface area (Å²) in [7, 11) is 1.98. The molecule has 1 saturated carbocycles. The number of benzene rings is 2. The number of anilines is 1. The molecule has 2 N–H and O–H groups in total. The Kier molecular flexibility index (Phi) is 5.18. The highest BCUT2D eigenvalue weighted by Crippen LogP contribution is 2.40. The highest BCUT2D eigenvalue weighted by atomic mass is 16.7. The van der Waals surface area contributed by atoms with E-state index in [2.05, 4.69) is 40.7 Å². The molecular formula is C24H28N4O3. The Morgan fingerprint density at radius 1 is 1.13 bits per heavy atom. The van der Waals surface area contributed by atoms with Crippen molar-refractivity contribution in [3.05, 3.63) is 48.2 Å². The standard InChI is InChI=1S/C24H28N4O3/c1-15(24(27-29)26-20-8-10-22-23(12-20)31-14-30-22)16-3-5-17(6-4-16)18-7-9-21-19(11-18)13-25-28(21)2/h7-13,15-17,29H,3-6,14H2,1-2H3,(H,26,27). The summed E-state index contributed by atoms with van der Waals surface area (Å²) < 4.78 is 12.7. The van der Waals surface area contributed by atoms with E-state index in [4.69, 9.17) is 9.47 Å². The normalized spacial score (nSPS) is 21.9. The number of nitrogens with zero attached hydrogens (tertiary/aromatic N) is 3. The van der Waals surface area contributed by atoms with Gasteiger partial charge in [0.1, 0.15) is 5.84 Å². The van der Waals surface area contributed by atoms with Crippen LogP contribution >= 0.6 is 0 Å². The fourth-order valence-corrected chi connectivity index (χ4v) is 4.96. The van der Waals surface area contributed by atoms with Crippen LogP contribution in [0.2, 0.25) is 0 Å². The summed E-state index contributed by atoms with van der Waals surface area (Å²) in [6, 6.07) is 12.4. The molecule has 0 spiro atoms. The minimum absolute atomic E-state index is 0.136. The number of rotatable bonds is 4. The molecule has 0 bridgehead atoms. The van der Waals surface area contributed by atoms with Crippen molar-refractivity contribution in [2.45, 2.75) is 38.5 Å². The van der Waals surface area contributed by atoms with E-state index in [-0.39, 0.29) is 12.7 Å². The van der Waals surface area contributed by atoms with Gasteiger partial charge in [-0.3, -0.25) is 4.68 Å².